The number of hydroxylamine groups is 1. The SMILES string of the molecule is CCCCSc1ccc(CC(=O)NO)cc1C. The number of unbranched alkanes of at least 4 members (excludes halogenated alkanes) is 1. The van der Waals surface area contributed by atoms with Gasteiger partial charge < -0.3 is 0 Å². The topological polar surface area (TPSA) is 49.3 Å². The minimum atomic E-state index is -0.379. The summed E-state index contributed by atoms with van der Waals surface area (Å²) in [6, 6.07) is 6.00. The van der Waals surface area contributed by atoms with Gasteiger partial charge >= 0.3 is 0 Å². The molecule has 0 aromatic heterocycles. The molecular formula is C13H19NO2S. The van der Waals surface area contributed by atoms with Gasteiger partial charge in [0.25, 0.3) is 0 Å². The molecule has 17 heavy (non-hydrogen) atoms. The summed E-state index contributed by atoms with van der Waals surface area (Å²) in [5.74, 6) is 0.754. The van der Waals surface area contributed by atoms with Crippen LogP contribution >= 0.6 is 11.8 Å². The van der Waals surface area contributed by atoms with Crippen molar-refractivity contribution in [2.75, 3.05) is 5.75 Å². The molecule has 0 fully saturated rings. The average molecular weight is 253 g/mol. The van der Waals surface area contributed by atoms with Crippen LogP contribution in [0.15, 0.2) is 23.1 Å². The molecule has 0 saturated carbocycles. The maximum atomic E-state index is 11.0. The summed E-state index contributed by atoms with van der Waals surface area (Å²) in [6.45, 7) is 4.23. The van der Waals surface area contributed by atoms with Gasteiger partial charge in [-0.2, -0.15) is 0 Å². The molecule has 1 aromatic carbocycles. The second-order valence-corrected chi connectivity index (χ2v) is 5.15. The normalized spacial score (nSPS) is 10.3. The summed E-state index contributed by atoms with van der Waals surface area (Å²) in [4.78, 5) is 12.3. The summed E-state index contributed by atoms with van der Waals surface area (Å²) >= 11 is 1.86. The quantitative estimate of drug-likeness (QED) is 0.355. The lowest BCUT2D eigenvalue weighted by Gasteiger charge is -2.07. The van der Waals surface area contributed by atoms with Gasteiger partial charge in [0, 0.05) is 4.90 Å². The first-order valence-electron chi connectivity index (χ1n) is 5.82. The zero-order valence-electron chi connectivity index (χ0n) is 10.3. The van der Waals surface area contributed by atoms with Gasteiger partial charge in [0.2, 0.25) is 5.91 Å². The van der Waals surface area contributed by atoms with Crippen LogP contribution in [0.4, 0.5) is 0 Å². The van der Waals surface area contributed by atoms with Gasteiger partial charge in [-0.05, 0) is 36.3 Å². The summed E-state index contributed by atoms with van der Waals surface area (Å²) in [5, 5.41) is 8.46. The second kappa shape index (κ2) is 7.35. The van der Waals surface area contributed by atoms with Crippen molar-refractivity contribution in [2.24, 2.45) is 0 Å². The Morgan fingerprint density at radius 2 is 2.24 bits per heavy atom. The monoisotopic (exact) mass is 253 g/mol. The van der Waals surface area contributed by atoms with Crippen molar-refractivity contribution in [3.63, 3.8) is 0 Å². The van der Waals surface area contributed by atoms with Gasteiger partial charge in [0.05, 0.1) is 6.42 Å². The fraction of sp³-hybridized carbons (Fsp3) is 0.462. The fourth-order valence-corrected chi connectivity index (χ4v) is 2.64. The van der Waals surface area contributed by atoms with Crippen LogP contribution in [0.2, 0.25) is 0 Å². The molecule has 0 aliphatic rings. The van der Waals surface area contributed by atoms with Gasteiger partial charge in [-0.1, -0.05) is 25.5 Å². The minimum absolute atomic E-state index is 0.219. The van der Waals surface area contributed by atoms with E-state index in [1.165, 1.54) is 23.3 Å². The van der Waals surface area contributed by atoms with Crippen molar-refractivity contribution in [1.82, 2.24) is 5.48 Å². The first-order valence-corrected chi connectivity index (χ1v) is 6.81. The van der Waals surface area contributed by atoms with Gasteiger partial charge in [0.1, 0.15) is 0 Å². The lowest BCUT2D eigenvalue weighted by atomic mass is 10.1. The molecule has 1 rings (SSSR count). The van der Waals surface area contributed by atoms with Crippen molar-refractivity contribution >= 4 is 17.7 Å². The third kappa shape index (κ3) is 4.79. The van der Waals surface area contributed by atoms with E-state index in [9.17, 15) is 4.79 Å². The number of hydrogen-bond acceptors (Lipinski definition) is 3. The van der Waals surface area contributed by atoms with Crippen LogP contribution in [0.3, 0.4) is 0 Å². The van der Waals surface area contributed by atoms with Crippen molar-refractivity contribution in [2.45, 2.75) is 38.0 Å². The van der Waals surface area contributed by atoms with Crippen LogP contribution in [-0.2, 0) is 11.2 Å². The van der Waals surface area contributed by atoms with Crippen LogP contribution in [0.25, 0.3) is 0 Å². The number of aryl methyl sites for hydroxylation is 1. The third-order valence-electron chi connectivity index (χ3n) is 2.48. The van der Waals surface area contributed by atoms with E-state index in [-0.39, 0.29) is 12.3 Å². The Morgan fingerprint density at radius 3 is 2.82 bits per heavy atom. The molecular weight excluding hydrogens is 234 g/mol. The minimum Gasteiger partial charge on any atom is -0.289 e. The van der Waals surface area contributed by atoms with E-state index in [1.54, 1.807) is 5.48 Å². The fourth-order valence-electron chi connectivity index (χ4n) is 1.53. The Bertz CT molecular complexity index is 380. The molecule has 0 unspecified atom stereocenters. The summed E-state index contributed by atoms with van der Waals surface area (Å²) in [6.07, 6.45) is 2.65. The Labute approximate surface area is 107 Å². The summed E-state index contributed by atoms with van der Waals surface area (Å²) in [5.41, 5.74) is 3.76. The van der Waals surface area contributed by atoms with Crippen LogP contribution in [0.1, 0.15) is 30.9 Å². The van der Waals surface area contributed by atoms with Crippen molar-refractivity contribution in [3.8, 4) is 0 Å². The number of carbonyl (C=O) groups excluding carboxylic acids is 1. The number of amides is 1. The first-order chi connectivity index (χ1) is 8.17. The second-order valence-electron chi connectivity index (χ2n) is 4.01. The Morgan fingerprint density at radius 1 is 1.47 bits per heavy atom. The number of carbonyl (C=O) groups is 1. The van der Waals surface area contributed by atoms with Gasteiger partial charge in [-0.15, -0.1) is 11.8 Å². The lowest BCUT2D eigenvalue weighted by molar-refractivity contribution is -0.128. The highest BCUT2D eigenvalue weighted by Crippen LogP contribution is 2.24. The maximum Gasteiger partial charge on any atom is 0.247 e. The van der Waals surface area contributed by atoms with Crippen molar-refractivity contribution in [3.05, 3.63) is 29.3 Å². The molecule has 3 nitrogen and oxygen atoms in total. The predicted molar refractivity (Wildman–Crippen MR) is 70.4 cm³/mol. The average Bonchev–Trinajstić information content (AvgIpc) is 2.32. The zero-order chi connectivity index (χ0) is 12.7. The molecule has 1 amide bonds. The van der Waals surface area contributed by atoms with Crippen molar-refractivity contribution < 1.29 is 10.0 Å². The molecule has 0 aliphatic heterocycles. The summed E-state index contributed by atoms with van der Waals surface area (Å²) < 4.78 is 0. The van der Waals surface area contributed by atoms with Crippen LogP contribution in [0.5, 0.6) is 0 Å². The molecule has 1 aromatic rings. The maximum absolute atomic E-state index is 11.0. The molecule has 0 saturated heterocycles. The molecule has 0 heterocycles. The molecule has 0 bridgehead atoms. The van der Waals surface area contributed by atoms with Crippen LogP contribution in [-0.4, -0.2) is 16.9 Å². The molecule has 4 heteroatoms. The molecule has 0 aliphatic carbocycles. The standard InChI is InChI=1S/C13H19NO2S/c1-3-4-7-17-12-6-5-11(8-10(12)2)9-13(15)14-16/h5-6,8,16H,3-4,7,9H2,1-2H3,(H,14,15). The van der Waals surface area contributed by atoms with E-state index >= 15 is 0 Å². The van der Waals surface area contributed by atoms with Crippen LogP contribution in [0, 0.1) is 6.92 Å². The molecule has 0 atom stereocenters. The molecule has 2 N–H and O–H groups in total. The lowest BCUT2D eigenvalue weighted by Crippen LogP contribution is -2.20. The van der Waals surface area contributed by atoms with E-state index in [0.717, 1.165) is 11.3 Å². The summed E-state index contributed by atoms with van der Waals surface area (Å²) in [7, 11) is 0. The smallest absolute Gasteiger partial charge is 0.247 e. The number of benzene rings is 1. The van der Waals surface area contributed by atoms with Crippen LogP contribution < -0.4 is 5.48 Å². The molecule has 94 valence electrons. The highest BCUT2D eigenvalue weighted by Gasteiger charge is 2.04. The third-order valence-corrected chi connectivity index (χ3v) is 3.75. The Hall–Kier alpha value is -1.00. The van der Waals surface area contributed by atoms with Crippen molar-refractivity contribution in [1.29, 1.82) is 0 Å². The van der Waals surface area contributed by atoms with Gasteiger partial charge in [-0.25, -0.2) is 5.48 Å². The van der Waals surface area contributed by atoms with E-state index in [0.29, 0.717) is 0 Å². The zero-order valence-corrected chi connectivity index (χ0v) is 11.1. The Kier molecular flexibility index (Phi) is 6.08. The largest absolute Gasteiger partial charge is 0.289 e. The number of nitrogens with one attached hydrogen (secondary N) is 1. The molecule has 0 radical (unpaired) electrons. The number of rotatable bonds is 6. The number of hydrogen-bond donors (Lipinski definition) is 2. The Balaban J connectivity index is 2.62. The highest BCUT2D eigenvalue weighted by molar-refractivity contribution is 7.99. The van der Waals surface area contributed by atoms with E-state index < -0.39 is 0 Å². The molecule has 0 spiro atoms. The van der Waals surface area contributed by atoms with E-state index in [1.807, 2.05) is 23.9 Å². The predicted octanol–water partition coefficient (Wildman–Crippen LogP) is 2.94. The van der Waals surface area contributed by atoms with E-state index in [2.05, 4.69) is 19.9 Å². The van der Waals surface area contributed by atoms with E-state index in [4.69, 9.17) is 5.21 Å². The van der Waals surface area contributed by atoms with Gasteiger partial charge in [-0.3, -0.25) is 10.0 Å². The number of thioether (sulfide) groups is 1. The highest BCUT2D eigenvalue weighted by atomic mass is 32.2. The first kappa shape index (κ1) is 14.1. The van der Waals surface area contributed by atoms with Gasteiger partial charge in [0.15, 0.2) is 0 Å².